The van der Waals surface area contributed by atoms with E-state index in [1.54, 1.807) is 22.4 Å². The first kappa shape index (κ1) is 20.0. The maximum atomic E-state index is 12.9. The molecule has 140 valence electrons. The fourth-order valence-corrected chi connectivity index (χ4v) is 3.13. The molecule has 1 amide bonds. The average molecular weight is 409 g/mol. The Morgan fingerprint density at radius 1 is 1.08 bits per heavy atom. The monoisotopic (exact) mass is 408 g/mol. The number of hydrogen-bond donors (Lipinski definition) is 2. The molecule has 0 aliphatic rings. The minimum atomic E-state index is -4.87. The number of alkyl halides is 3. The third kappa shape index (κ3) is 5.10. The lowest BCUT2D eigenvalue weighted by molar-refractivity contribution is -0.139. The van der Waals surface area contributed by atoms with Gasteiger partial charge in [0.2, 0.25) is 0 Å². The molecular weight excluding hydrogens is 397 g/mol. The molecule has 26 heavy (non-hydrogen) atoms. The molecule has 0 unspecified atom stereocenters. The summed E-state index contributed by atoms with van der Waals surface area (Å²) in [6.45, 7) is -0.604. The summed E-state index contributed by atoms with van der Waals surface area (Å²) in [5.74, 6) is -0.743. The van der Waals surface area contributed by atoms with Crippen molar-refractivity contribution in [3.8, 4) is 5.75 Å². The number of halogens is 4. The highest BCUT2D eigenvalue weighted by Gasteiger charge is 2.36. The van der Waals surface area contributed by atoms with E-state index in [1.165, 1.54) is 12.1 Å². The van der Waals surface area contributed by atoms with E-state index in [2.05, 4.69) is 0 Å². The lowest BCUT2D eigenvalue weighted by atomic mass is 10.2. The number of hydrazine groups is 1. The zero-order valence-corrected chi connectivity index (χ0v) is 14.5. The number of sulfonamides is 1. The van der Waals surface area contributed by atoms with Crippen molar-refractivity contribution in [3.05, 3.63) is 59.1 Å². The number of nitrogens with one attached hydrogen (secondary N) is 2. The summed E-state index contributed by atoms with van der Waals surface area (Å²) < 4.78 is 67.9. The third-order valence-electron chi connectivity index (χ3n) is 3.00. The SMILES string of the molecule is O=C(COc1ccccc1Cl)NNS(=O)(=O)c1ccccc1C(F)(F)F. The van der Waals surface area contributed by atoms with Gasteiger partial charge in [0.25, 0.3) is 15.9 Å². The zero-order chi connectivity index (χ0) is 19.4. The summed E-state index contributed by atoms with van der Waals surface area (Å²) in [4.78, 5) is 12.2. The van der Waals surface area contributed by atoms with Crippen LogP contribution in [0.5, 0.6) is 5.75 Å². The molecule has 0 aliphatic carbocycles. The molecular formula is C15H12ClF3N2O4S. The lowest BCUT2D eigenvalue weighted by Gasteiger charge is -2.14. The fourth-order valence-electron chi connectivity index (χ4n) is 1.86. The normalized spacial score (nSPS) is 11.8. The molecule has 11 heteroatoms. The summed E-state index contributed by atoms with van der Waals surface area (Å²) in [5.41, 5.74) is 0.425. The second kappa shape index (κ2) is 7.94. The Kier molecular flexibility index (Phi) is 6.11. The van der Waals surface area contributed by atoms with Crippen molar-refractivity contribution in [2.45, 2.75) is 11.1 Å². The van der Waals surface area contributed by atoms with Crippen LogP contribution >= 0.6 is 11.6 Å². The largest absolute Gasteiger partial charge is 0.482 e. The summed E-state index contributed by atoms with van der Waals surface area (Å²) >= 11 is 5.82. The van der Waals surface area contributed by atoms with E-state index in [0.29, 0.717) is 6.07 Å². The first-order valence-electron chi connectivity index (χ1n) is 6.95. The van der Waals surface area contributed by atoms with Gasteiger partial charge < -0.3 is 4.74 Å². The number of para-hydroxylation sites is 1. The van der Waals surface area contributed by atoms with Crippen LogP contribution in [0.15, 0.2) is 53.4 Å². The summed E-state index contributed by atoms with van der Waals surface area (Å²) in [6, 6.07) is 9.83. The van der Waals surface area contributed by atoms with Crippen molar-refractivity contribution in [2.24, 2.45) is 0 Å². The van der Waals surface area contributed by atoms with Crippen LogP contribution in [0.4, 0.5) is 13.2 Å². The summed E-state index contributed by atoms with van der Waals surface area (Å²) in [7, 11) is -4.64. The van der Waals surface area contributed by atoms with Crippen LogP contribution < -0.4 is 15.0 Å². The number of rotatable bonds is 6. The Bertz CT molecular complexity index is 904. The van der Waals surface area contributed by atoms with E-state index < -0.39 is 39.2 Å². The number of carbonyl (C=O) groups excluding carboxylic acids is 1. The van der Waals surface area contributed by atoms with Gasteiger partial charge in [-0.25, -0.2) is 8.42 Å². The van der Waals surface area contributed by atoms with Crippen molar-refractivity contribution in [1.82, 2.24) is 10.3 Å². The second-order valence-corrected chi connectivity index (χ2v) is 6.92. The molecule has 0 saturated carbocycles. The number of benzene rings is 2. The van der Waals surface area contributed by atoms with E-state index in [1.807, 2.05) is 0 Å². The maximum Gasteiger partial charge on any atom is 0.417 e. The van der Waals surface area contributed by atoms with E-state index >= 15 is 0 Å². The molecule has 0 aromatic heterocycles. The molecule has 0 spiro atoms. The van der Waals surface area contributed by atoms with Crippen LogP contribution in [0.1, 0.15) is 5.56 Å². The van der Waals surface area contributed by atoms with Crippen molar-refractivity contribution in [2.75, 3.05) is 6.61 Å². The Labute approximate surface area is 151 Å². The third-order valence-corrected chi connectivity index (χ3v) is 4.62. The molecule has 0 fully saturated rings. The first-order chi connectivity index (χ1) is 12.1. The van der Waals surface area contributed by atoms with E-state index in [4.69, 9.17) is 16.3 Å². The Morgan fingerprint density at radius 2 is 1.69 bits per heavy atom. The molecule has 0 saturated heterocycles. The van der Waals surface area contributed by atoms with Crippen LogP contribution in [-0.4, -0.2) is 20.9 Å². The zero-order valence-electron chi connectivity index (χ0n) is 12.9. The van der Waals surface area contributed by atoms with Gasteiger partial charge in [0.1, 0.15) is 5.75 Å². The van der Waals surface area contributed by atoms with Crippen LogP contribution in [-0.2, 0) is 21.0 Å². The van der Waals surface area contributed by atoms with Crippen molar-refractivity contribution in [3.63, 3.8) is 0 Å². The average Bonchev–Trinajstić information content (AvgIpc) is 2.58. The van der Waals surface area contributed by atoms with Crippen LogP contribution in [0.3, 0.4) is 0 Å². The highest BCUT2D eigenvalue weighted by Crippen LogP contribution is 2.33. The second-order valence-electron chi connectivity index (χ2n) is 4.87. The molecule has 0 aliphatic heterocycles. The van der Waals surface area contributed by atoms with Crippen LogP contribution in [0, 0.1) is 0 Å². The van der Waals surface area contributed by atoms with Gasteiger partial charge in [-0.3, -0.25) is 10.2 Å². The minimum Gasteiger partial charge on any atom is -0.482 e. The molecule has 0 radical (unpaired) electrons. The highest BCUT2D eigenvalue weighted by molar-refractivity contribution is 7.89. The van der Waals surface area contributed by atoms with Gasteiger partial charge >= 0.3 is 6.18 Å². The van der Waals surface area contributed by atoms with Gasteiger partial charge in [0, 0.05) is 0 Å². The van der Waals surface area contributed by atoms with Crippen LogP contribution in [0.2, 0.25) is 5.02 Å². The molecule has 6 nitrogen and oxygen atoms in total. The predicted octanol–water partition coefficient (Wildman–Crippen LogP) is 2.75. The van der Waals surface area contributed by atoms with Gasteiger partial charge in [0.15, 0.2) is 6.61 Å². The number of hydrogen-bond acceptors (Lipinski definition) is 4. The molecule has 0 atom stereocenters. The standard InChI is InChI=1S/C15H12ClF3N2O4S/c16-11-6-2-3-7-12(11)25-9-14(22)20-21-26(23,24)13-8-4-1-5-10(13)15(17,18)19/h1-8,21H,9H2,(H,20,22). The Balaban J connectivity index is 2.03. The van der Waals surface area contributed by atoms with E-state index in [0.717, 1.165) is 18.2 Å². The summed E-state index contributed by atoms with van der Waals surface area (Å²) in [6.07, 6.45) is -4.87. The highest BCUT2D eigenvalue weighted by atomic mass is 35.5. The topological polar surface area (TPSA) is 84.5 Å². The molecule has 0 bridgehead atoms. The minimum absolute atomic E-state index is 0.189. The quantitative estimate of drug-likeness (QED) is 0.720. The lowest BCUT2D eigenvalue weighted by Crippen LogP contribution is -2.44. The van der Waals surface area contributed by atoms with Gasteiger partial charge in [-0.1, -0.05) is 35.9 Å². The molecule has 2 aromatic carbocycles. The van der Waals surface area contributed by atoms with E-state index in [-0.39, 0.29) is 10.8 Å². The van der Waals surface area contributed by atoms with Crippen LogP contribution in [0.25, 0.3) is 0 Å². The molecule has 2 rings (SSSR count). The van der Waals surface area contributed by atoms with Crippen molar-refractivity contribution < 1.29 is 31.1 Å². The van der Waals surface area contributed by atoms with Gasteiger partial charge in [-0.05, 0) is 24.3 Å². The number of carbonyl (C=O) groups is 1. The number of amides is 1. The summed E-state index contributed by atoms with van der Waals surface area (Å²) in [5, 5.41) is 0.236. The van der Waals surface area contributed by atoms with E-state index in [9.17, 15) is 26.4 Å². The molecule has 2 aromatic rings. The number of ether oxygens (including phenoxy) is 1. The van der Waals surface area contributed by atoms with Crippen molar-refractivity contribution in [1.29, 1.82) is 0 Å². The Morgan fingerprint density at radius 3 is 2.35 bits per heavy atom. The predicted molar refractivity (Wildman–Crippen MR) is 86.9 cm³/mol. The Hall–Kier alpha value is -2.30. The van der Waals surface area contributed by atoms with Gasteiger partial charge in [-0.2, -0.15) is 13.2 Å². The van der Waals surface area contributed by atoms with Gasteiger partial charge in [-0.15, -0.1) is 4.83 Å². The maximum absolute atomic E-state index is 12.9. The first-order valence-corrected chi connectivity index (χ1v) is 8.81. The molecule has 2 N–H and O–H groups in total. The van der Waals surface area contributed by atoms with Gasteiger partial charge in [0.05, 0.1) is 15.5 Å². The smallest absolute Gasteiger partial charge is 0.417 e. The molecule has 0 heterocycles. The van der Waals surface area contributed by atoms with Crippen molar-refractivity contribution >= 4 is 27.5 Å². The fraction of sp³-hybridized carbons (Fsp3) is 0.133.